The summed E-state index contributed by atoms with van der Waals surface area (Å²) in [5.41, 5.74) is 6.10. The fraction of sp³-hybridized carbons (Fsp3) is 0.842. The Bertz CT molecular complexity index is 506. The molecule has 0 aromatic rings. The lowest BCUT2D eigenvalue weighted by Crippen LogP contribution is -2.61. The molecular weight excluding hydrogens is 398 g/mol. The molecule has 7 nitrogen and oxygen atoms in total. The van der Waals surface area contributed by atoms with E-state index in [2.05, 4.69) is 17.9 Å². The summed E-state index contributed by atoms with van der Waals surface area (Å²) in [6, 6.07) is -2.81. The maximum Gasteiger partial charge on any atom is 0.326 e. The quantitative estimate of drug-likeness (QED) is 0.243. The fourth-order valence-corrected chi connectivity index (χ4v) is 3.38. The highest BCUT2D eigenvalue weighted by Crippen LogP contribution is 2.18. The highest BCUT2D eigenvalue weighted by Gasteiger charge is 2.41. The van der Waals surface area contributed by atoms with E-state index in [1.807, 2.05) is 34.0 Å². The number of aliphatic carboxylic acids is 1. The van der Waals surface area contributed by atoms with Crippen LogP contribution in [0.3, 0.4) is 0 Å². The molecular formula is C19H37N3O4S2. The fourth-order valence-electron chi connectivity index (χ4n) is 2.76. The van der Waals surface area contributed by atoms with Crippen molar-refractivity contribution in [3.8, 4) is 0 Å². The van der Waals surface area contributed by atoms with Crippen molar-refractivity contribution in [1.29, 1.82) is 0 Å². The molecule has 0 spiro atoms. The van der Waals surface area contributed by atoms with Crippen molar-refractivity contribution >= 4 is 42.2 Å². The van der Waals surface area contributed by atoms with Gasteiger partial charge in [-0.05, 0) is 49.0 Å². The summed E-state index contributed by atoms with van der Waals surface area (Å²) in [4.78, 5) is 39.3. The van der Waals surface area contributed by atoms with Crippen LogP contribution in [0.5, 0.6) is 0 Å². The monoisotopic (exact) mass is 435 g/mol. The third-order valence-electron chi connectivity index (χ3n) is 4.84. The van der Waals surface area contributed by atoms with E-state index in [0.717, 1.165) is 11.3 Å². The minimum Gasteiger partial charge on any atom is -0.480 e. The van der Waals surface area contributed by atoms with Crippen LogP contribution in [0.15, 0.2) is 0 Å². The average molecular weight is 436 g/mol. The normalized spacial score (nSPS) is 15.7. The van der Waals surface area contributed by atoms with E-state index >= 15 is 0 Å². The zero-order valence-corrected chi connectivity index (χ0v) is 19.4. The molecule has 4 atom stereocenters. The topological polar surface area (TPSA) is 113 Å². The Kier molecular flexibility index (Phi) is 13.9. The number of carboxylic acid groups (broad SMARTS) is 1. The van der Waals surface area contributed by atoms with Crippen LogP contribution >= 0.6 is 24.4 Å². The van der Waals surface area contributed by atoms with Gasteiger partial charge in [0.1, 0.15) is 6.04 Å². The predicted octanol–water partition coefficient (Wildman–Crippen LogP) is 1.86. The van der Waals surface area contributed by atoms with Crippen molar-refractivity contribution in [2.24, 2.45) is 17.6 Å². The lowest BCUT2D eigenvalue weighted by Gasteiger charge is -2.35. The Hall–Kier alpha value is -0.770. The van der Waals surface area contributed by atoms with E-state index in [1.54, 1.807) is 0 Å². The molecule has 0 saturated heterocycles. The van der Waals surface area contributed by atoms with E-state index in [9.17, 15) is 19.5 Å². The van der Waals surface area contributed by atoms with Gasteiger partial charge in [-0.15, -0.1) is 0 Å². The van der Waals surface area contributed by atoms with E-state index < -0.39 is 35.9 Å². The maximum atomic E-state index is 13.3. The standard InChI is InChI=1S/C19H37N3O4S2/c1-6-13(4)15(20)17(23)22(14(19(25)26)8-11-28-5)18(24)16(12(2)3)21-9-7-10-27/h12-16,21,27H,6-11,20H2,1-5H3,(H,25,26). The van der Waals surface area contributed by atoms with Crippen molar-refractivity contribution in [2.75, 3.05) is 24.3 Å². The molecule has 0 radical (unpaired) electrons. The van der Waals surface area contributed by atoms with Crippen molar-refractivity contribution in [3.63, 3.8) is 0 Å². The zero-order valence-electron chi connectivity index (χ0n) is 17.7. The van der Waals surface area contributed by atoms with Crippen LogP contribution in [0.2, 0.25) is 0 Å². The summed E-state index contributed by atoms with van der Waals surface area (Å²) < 4.78 is 0. The number of amides is 2. The highest BCUT2D eigenvalue weighted by molar-refractivity contribution is 7.98. The molecule has 9 heteroatoms. The number of imide groups is 1. The van der Waals surface area contributed by atoms with E-state index in [1.165, 1.54) is 11.8 Å². The molecule has 0 fully saturated rings. The second-order valence-corrected chi connectivity index (χ2v) is 8.78. The Morgan fingerprint density at radius 1 is 1.21 bits per heavy atom. The second kappa shape index (κ2) is 14.3. The van der Waals surface area contributed by atoms with Crippen molar-refractivity contribution in [2.45, 2.75) is 65.1 Å². The second-order valence-electron chi connectivity index (χ2n) is 7.35. The average Bonchev–Trinajstić information content (AvgIpc) is 2.65. The molecule has 4 N–H and O–H groups in total. The Labute approximate surface area is 179 Å². The molecule has 0 aromatic carbocycles. The van der Waals surface area contributed by atoms with Crippen LogP contribution in [0.25, 0.3) is 0 Å². The van der Waals surface area contributed by atoms with Crippen molar-refractivity contribution < 1.29 is 19.5 Å². The number of hydrogen-bond acceptors (Lipinski definition) is 7. The molecule has 0 heterocycles. The van der Waals surface area contributed by atoms with E-state index in [-0.39, 0.29) is 18.3 Å². The molecule has 0 bridgehead atoms. The summed E-state index contributed by atoms with van der Waals surface area (Å²) in [5.74, 6) is -1.42. The van der Waals surface area contributed by atoms with Gasteiger partial charge >= 0.3 is 5.97 Å². The van der Waals surface area contributed by atoms with E-state index in [4.69, 9.17) is 5.73 Å². The number of nitrogens with two attached hydrogens (primary N) is 1. The number of rotatable bonds is 14. The number of nitrogens with zero attached hydrogens (tertiary/aromatic N) is 1. The SMILES string of the molecule is CCC(C)C(N)C(=O)N(C(=O)C(NCCCS)C(C)C)C(CCSC)C(=O)O. The molecule has 0 aliphatic carbocycles. The molecule has 0 aromatic heterocycles. The van der Waals surface area contributed by atoms with Crippen LogP contribution in [-0.4, -0.2) is 70.2 Å². The largest absolute Gasteiger partial charge is 0.480 e. The van der Waals surface area contributed by atoms with Gasteiger partial charge in [0, 0.05) is 0 Å². The number of carboxylic acids is 1. The number of carbonyl (C=O) groups excluding carboxylic acids is 2. The van der Waals surface area contributed by atoms with Gasteiger partial charge in [0.15, 0.2) is 0 Å². The lowest BCUT2D eigenvalue weighted by atomic mass is 9.96. The van der Waals surface area contributed by atoms with Gasteiger partial charge < -0.3 is 16.2 Å². The summed E-state index contributed by atoms with van der Waals surface area (Å²) in [6.07, 6.45) is 3.45. The Morgan fingerprint density at radius 3 is 2.25 bits per heavy atom. The van der Waals surface area contributed by atoms with Crippen LogP contribution in [0, 0.1) is 11.8 Å². The number of thiol groups is 1. The molecule has 28 heavy (non-hydrogen) atoms. The molecule has 0 aliphatic heterocycles. The van der Waals surface area contributed by atoms with Crippen LogP contribution in [0.1, 0.15) is 47.0 Å². The molecule has 0 aliphatic rings. The maximum absolute atomic E-state index is 13.3. The highest BCUT2D eigenvalue weighted by atomic mass is 32.2. The summed E-state index contributed by atoms with van der Waals surface area (Å²) in [6.45, 7) is 8.02. The molecule has 164 valence electrons. The smallest absolute Gasteiger partial charge is 0.326 e. The van der Waals surface area contributed by atoms with Gasteiger partial charge in [0.05, 0.1) is 12.1 Å². The third-order valence-corrected chi connectivity index (χ3v) is 5.80. The van der Waals surface area contributed by atoms with Crippen molar-refractivity contribution in [1.82, 2.24) is 10.2 Å². The third kappa shape index (κ3) is 8.31. The number of carbonyl (C=O) groups is 3. The lowest BCUT2D eigenvalue weighted by molar-refractivity contribution is -0.160. The van der Waals surface area contributed by atoms with Crippen LogP contribution in [0.4, 0.5) is 0 Å². The first kappa shape index (κ1) is 27.2. The number of thioether (sulfide) groups is 1. The minimum atomic E-state index is -1.23. The van der Waals surface area contributed by atoms with Gasteiger partial charge in [-0.2, -0.15) is 24.4 Å². The van der Waals surface area contributed by atoms with E-state index in [0.29, 0.717) is 24.5 Å². The molecule has 4 unspecified atom stereocenters. The first-order valence-corrected chi connectivity index (χ1v) is 11.8. The number of hydrogen-bond donors (Lipinski definition) is 4. The van der Waals surface area contributed by atoms with Crippen LogP contribution < -0.4 is 11.1 Å². The molecule has 0 saturated carbocycles. The van der Waals surface area contributed by atoms with Crippen LogP contribution in [-0.2, 0) is 14.4 Å². The van der Waals surface area contributed by atoms with Gasteiger partial charge in [-0.1, -0.05) is 34.1 Å². The minimum absolute atomic E-state index is 0.113. The Balaban J connectivity index is 5.91. The van der Waals surface area contributed by atoms with Gasteiger partial charge in [0.2, 0.25) is 11.8 Å². The molecule has 0 rings (SSSR count). The molecule has 2 amide bonds. The summed E-state index contributed by atoms with van der Waals surface area (Å²) in [7, 11) is 0. The summed E-state index contributed by atoms with van der Waals surface area (Å²) in [5, 5.41) is 12.9. The first-order chi connectivity index (χ1) is 13.1. The van der Waals surface area contributed by atoms with Gasteiger partial charge in [-0.3, -0.25) is 14.5 Å². The summed E-state index contributed by atoms with van der Waals surface area (Å²) >= 11 is 5.64. The van der Waals surface area contributed by atoms with Crippen molar-refractivity contribution in [3.05, 3.63) is 0 Å². The first-order valence-electron chi connectivity index (χ1n) is 9.82. The van der Waals surface area contributed by atoms with Gasteiger partial charge in [0.25, 0.3) is 0 Å². The number of nitrogens with one attached hydrogen (secondary N) is 1. The predicted molar refractivity (Wildman–Crippen MR) is 119 cm³/mol. The Morgan fingerprint density at radius 2 is 1.82 bits per heavy atom. The zero-order chi connectivity index (χ0) is 21.9. The van der Waals surface area contributed by atoms with Gasteiger partial charge in [-0.25, -0.2) is 4.79 Å².